The number of nitrogens with zero attached hydrogens (tertiary/aromatic N) is 5. The molecule has 1 amide bonds. The Bertz CT molecular complexity index is 913. The average molecular weight is 422 g/mol. The topological polar surface area (TPSA) is 171 Å². The van der Waals surface area contributed by atoms with Crippen molar-refractivity contribution in [2.24, 2.45) is 5.73 Å². The van der Waals surface area contributed by atoms with Crippen LogP contribution in [0.1, 0.15) is 0 Å². The number of carboxylic acids is 1. The van der Waals surface area contributed by atoms with E-state index in [2.05, 4.69) is 15.5 Å². The van der Waals surface area contributed by atoms with E-state index < -0.39 is 33.0 Å². The predicted molar refractivity (Wildman–Crippen MR) is 90.5 cm³/mol. The molecular weight excluding hydrogens is 408 g/mol. The van der Waals surface area contributed by atoms with Gasteiger partial charge in [0.25, 0.3) is 15.9 Å². The van der Waals surface area contributed by atoms with Gasteiger partial charge in [-0.25, -0.2) is 13.2 Å². The quantitative estimate of drug-likeness (QED) is 0.298. The van der Waals surface area contributed by atoms with Gasteiger partial charge in [-0.05, 0) is 16.0 Å². The number of hydrogen-bond donors (Lipinski definition) is 2. The first-order valence-electron chi connectivity index (χ1n) is 6.97. The number of fused-ring (bicyclic) bond motifs is 1. The second-order valence-electron chi connectivity index (χ2n) is 5.45. The minimum absolute atomic E-state index is 0.00291. The van der Waals surface area contributed by atoms with Crippen LogP contribution in [0.4, 0.5) is 0 Å². The molecule has 0 bridgehead atoms. The summed E-state index contributed by atoms with van der Waals surface area (Å²) in [6.45, 7) is 0. The first-order chi connectivity index (χ1) is 12.1. The monoisotopic (exact) mass is 422 g/mol. The van der Waals surface area contributed by atoms with Crippen LogP contribution in [0.3, 0.4) is 0 Å². The van der Waals surface area contributed by atoms with Gasteiger partial charge in [-0.2, -0.15) is 0 Å². The van der Waals surface area contributed by atoms with Gasteiger partial charge in [0.1, 0.15) is 11.1 Å². The average Bonchev–Trinajstić information content (AvgIpc) is 3.06. The zero-order valence-electron chi connectivity index (χ0n) is 13.5. The van der Waals surface area contributed by atoms with Crippen LogP contribution < -0.4 is 5.73 Å². The summed E-state index contributed by atoms with van der Waals surface area (Å²) in [6, 6.07) is 0. The molecule has 2 atom stereocenters. The molecular formula is C11H14N6O6S3. The Kier molecular flexibility index (Phi) is 4.76. The van der Waals surface area contributed by atoms with Crippen molar-refractivity contribution in [3.8, 4) is 0 Å². The molecule has 142 valence electrons. The Labute approximate surface area is 156 Å². The molecule has 0 radical (unpaired) electrons. The summed E-state index contributed by atoms with van der Waals surface area (Å²) in [5.41, 5.74) is 4.58. The number of nitrogens with two attached hydrogens (primary N) is 1. The van der Waals surface area contributed by atoms with Crippen molar-refractivity contribution in [2.45, 2.75) is 16.3 Å². The van der Waals surface area contributed by atoms with Gasteiger partial charge in [-0.15, -0.1) is 20.9 Å². The lowest BCUT2D eigenvalue weighted by atomic mass is 10.00. The molecule has 26 heavy (non-hydrogen) atoms. The summed E-state index contributed by atoms with van der Waals surface area (Å²) in [5, 5.41) is 19.2. The first kappa shape index (κ1) is 19.1. The van der Waals surface area contributed by atoms with Gasteiger partial charge in [0, 0.05) is 18.6 Å². The van der Waals surface area contributed by atoms with E-state index in [1.807, 2.05) is 0 Å². The van der Waals surface area contributed by atoms with Crippen LogP contribution in [0.15, 0.2) is 16.4 Å². The molecule has 1 saturated heterocycles. The number of rotatable bonds is 6. The fourth-order valence-corrected chi connectivity index (χ4v) is 5.88. The molecule has 3 rings (SSSR count). The highest BCUT2D eigenvalue weighted by Gasteiger charge is 2.63. The second-order valence-corrected chi connectivity index (χ2v) is 9.27. The Morgan fingerprint density at radius 3 is 2.85 bits per heavy atom. The van der Waals surface area contributed by atoms with E-state index >= 15 is 0 Å². The third-order valence-corrected chi connectivity index (χ3v) is 7.18. The SMILES string of the molecule is CO[C@@]1(N)C(=O)N2C(C(=O)O)=C(CSc3nnnn3S(C)(=O)=O)CS[C@@H]21. The fourth-order valence-electron chi connectivity index (χ4n) is 2.53. The van der Waals surface area contributed by atoms with Crippen molar-refractivity contribution in [3.63, 3.8) is 0 Å². The van der Waals surface area contributed by atoms with Gasteiger partial charge in [-0.1, -0.05) is 11.8 Å². The lowest BCUT2D eigenvalue weighted by Crippen LogP contribution is -2.78. The molecule has 1 aromatic rings. The van der Waals surface area contributed by atoms with Crippen LogP contribution >= 0.6 is 23.5 Å². The predicted octanol–water partition coefficient (Wildman–Crippen LogP) is -1.87. The molecule has 3 heterocycles. The Morgan fingerprint density at radius 1 is 1.58 bits per heavy atom. The molecule has 0 aliphatic carbocycles. The number of methoxy groups -OCH3 is 1. The molecule has 0 saturated carbocycles. The molecule has 12 nitrogen and oxygen atoms in total. The highest BCUT2D eigenvalue weighted by atomic mass is 32.2. The summed E-state index contributed by atoms with van der Waals surface area (Å²) in [7, 11) is -2.40. The molecule has 15 heteroatoms. The van der Waals surface area contributed by atoms with E-state index in [4.69, 9.17) is 10.5 Å². The van der Waals surface area contributed by atoms with E-state index in [0.29, 0.717) is 9.66 Å². The van der Waals surface area contributed by atoms with Crippen LogP contribution in [0.5, 0.6) is 0 Å². The summed E-state index contributed by atoms with van der Waals surface area (Å²) >= 11 is 2.22. The molecule has 2 aliphatic rings. The normalized spacial score (nSPS) is 25.9. The van der Waals surface area contributed by atoms with Crippen LogP contribution in [0.25, 0.3) is 0 Å². The molecule has 0 spiro atoms. The standard InChI is InChI=1S/C11H14N6O6S3/c1-23-11(12)8(20)16-6(7(18)19)5(3-24-9(11)16)4-25-10-13-14-15-17(10)26(2,21)22/h9H,3-4,12H2,1-2H3,(H,18,19)/t9-,11+/m1/s1. The number of carbonyl (C=O) groups is 2. The van der Waals surface area contributed by atoms with Crippen molar-refractivity contribution in [1.82, 2.24) is 24.5 Å². The second kappa shape index (κ2) is 6.49. The van der Waals surface area contributed by atoms with Crippen LogP contribution in [-0.4, -0.2) is 85.9 Å². The van der Waals surface area contributed by atoms with Gasteiger partial charge >= 0.3 is 5.97 Å². The van der Waals surface area contributed by atoms with Gasteiger partial charge in [0.2, 0.25) is 10.9 Å². The lowest BCUT2D eigenvalue weighted by molar-refractivity contribution is -0.182. The highest BCUT2D eigenvalue weighted by Crippen LogP contribution is 2.45. The summed E-state index contributed by atoms with van der Waals surface area (Å²) in [5.74, 6) is -1.55. The van der Waals surface area contributed by atoms with Crippen molar-refractivity contribution in [3.05, 3.63) is 11.3 Å². The van der Waals surface area contributed by atoms with Crippen LogP contribution in [0.2, 0.25) is 0 Å². The van der Waals surface area contributed by atoms with Crippen molar-refractivity contribution >= 4 is 45.4 Å². The maximum absolute atomic E-state index is 12.3. The number of ether oxygens (including phenoxy) is 1. The zero-order valence-corrected chi connectivity index (χ0v) is 16.0. The van der Waals surface area contributed by atoms with Crippen LogP contribution in [-0.2, 0) is 24.3 Å². The maximum atomic E-state index is 12.3. The van der Waals surface area contributed by atoms with Crippen molar-refractivity contribution in [2.75, 3.05) is 24.9 Å². The number of aliphatic carboxylic acids is 1. The summed E-state index contributed by atoms with van der Waals surface area (Å²) in [6.07, 6.45) is 0.945. The highest BCUT2D eigenvalue weighted by molar-refractivity contribution is 8.01. The molecule has 1 fully saturated rings. The first-order valence-corrected chi connectivity index (χ1v) is 10.9. The van der Waals surface area contributed by atoms with E-state index in [9.17, 15) is 23.1 Å². The summed E-state index contributed by atoms with van der Waals surface area (Å²) < 4.78 is 28.9. The number of hydrogen-bond acceptors (Lipinski definition) is 11. The lowest BCUT2D eigenvalue weighted by Gasteiger charge is -2.54. The Balaban J connectivity index is 1.87. The van der Waals surface area contributed by atoms with Gasteiger partial charge in [-0.3, -0.25) is 15.4 Å². The zero-order chi connectivity index (χ0) is 19.3. The van der Waals surface area contributed by atoms with E-state index in [-0.39, 0.29) is 22.4 Å². The number of β-lactam (4-membered cyclic amide) rings is 1. The van der Waals surface area contributed by atoms with Crippen molar-refractivity contribution in [1.29, 1.82) is 0 Å². The minimum Gasteiger partial charge on any atom is -0.477 e. The maximum Gasteiger partial charge on any atom is 0.352 e. The van der Waals surface area contributed by atoms with E-state index in [1.54, 1.807) is 0 Å². The molecule has 3 N–H and O–H groups in total. The fraction of sp³-hybridized carbons (Fsp3) is 0.545. The molecule has 1 aromatic heterocycles. The van der Waals surface area contributed by atoms with Gasteiger partial charge in [0.05, 0.1) is 6.26 Å². The number of amides is 1. The third kappa shape index (κ3) is 2.88. The van der Waals surface area contributed by atoms with Crippen molar-refractivity contribution < 1.29 is 27.9 Å². The Morgan fingerprint density at radius 2 is 2.27 bits per heavy atom. The number of aromatic nitrogens is 4. The van der Waals surface area contributed by atoms with E-state index in [1.165, 1.54) is 18.9 Å². The molecule has 2 aliphatic heterocycles. The Hall–Kier alpha value is -1.68. The molecule has 0 unspecified atom stereocenters. The smallest absolute Gasteiger partial charge is 0.352 e. The largest absolute Gasteiger partial charge is 0.477 e. The van der Waals surface area contributed by atoms with Gasteiger partial charge in [0.15, 0.2) is 0 Å². The van der Waals surface area contributed by atoms with E-state index in [0.717, 1.165) is 22.9 Å². The molecule has 0 aromatic carbocycles. The minimum atomic E-state index is -3.68. The number of carbonyl (C=O) groups excluding carboxylic acids is 1. The third-order valence-electron chi connectivity index (χ3n) is 3.79. The van der Waals surface area contributed by atoms with Gasteiger partial charge < -0.3 is 9.84 Å². The number of tetrazole rings is 1. The number of carboxylic acid groups (broad SMARTS) is 1. The number of thioether (sulfide) groups is 2. The summed E-state index contributed by atoms with van der Waals surface area (Å²) in [4.78, 5) is 25.1. The van der Waals surface area contributed by atoms with Crippen LogP contribution in [0, 0.1) is 0 Å².